The average Bonchev–Trinajstić information content (AvgIpc) is 2.70. The summed E-state index contributed by atoms with van der Waals surface area (Å²) < 4.78 is 10.9. The Morgan fingerprint density at radius 3 is 3.00 bits per heavy atom. The summed E-state index contributed by atoms with van der Waals surface area (Å²) in [7, 11) is 0. The molecule has 1 aliphatic rings. The van der Waals surface area contributed by atoms with Crippen LogP contribution in [0.1, 0.15) is 39.5 Å². The fraction of sp³-hybridized carbons (Fsp3) is 1.00. The monoisotopic (exact) mass is 215 g/mol. The van der Waals surface area contributed by atoms with Gasteiger partial charge in [0.25, 0.3) is 0 Å². The lowest BCUT2D eigenvalue weighted by atomic mass is 10.1. The molecule has 15 heavy (non-hydrogen) atoms. The highest BCUT2D eigenvalue weighted by molar-refractivity contribution is 4.63. The van der Waals surface area contributed by atoms with Gasteiger partial charge in [-0.25, -0.2) is 0 Å². The van der Waals surface area contributed by atoms with E-state index in [4.69, 9.17) is 9.47 Å². The average molecular weight is 215 g/mol. The number of rotatable bonds is 8. The molecule has 0 radical (unpaired) electrons. The van der Waals surface area contributed by atoms with Crippen LogP contribution in [0.15, 0.2) is 0 Å². The maximum absolute atomic E-state index is 5.70. The van der Waals surface area contributed by atoms with Crippen LogP contribution in [0.25, 0.3) is 0 Å². The molecule has 2 unspecified atom stereocenters. The lowest BCUT2D eigenvalue weighted by Gasteiger charge is -2.13. The third-order valence-electron chi connectivity index (χ3n) is 2.83. The molecule has 1 N–H and O–H groups in total. The normalized spacial score (nSPS) is 23.2. The quantitative estimate of drug-likeness (QED) is 0.628. The zero-order valence-corrected chi connectivity index (χ0v) is 10.1. The van der Waals surface area contributed by atoms with Gasteiger partial charge in [-0.3, -0.25) is 0 Å². The Kier molecular flexibility index (Phi) is 6.98. The number of nitrogens with one attached hydrogen (secondary N) is 1. The van der Waals surface area contributed by atoms with Crippen LogP contribution in [-0.4, -0.2) is 38.5 Å². The van der Waals surface area contributed by atoms with E-state index < -0.39 is 0 Å². The summed E-state index contributed by atoms with van der Waals surface area (Å²) in [5.41, 5.74) is 0. The Morgan fingerprint density at radius 1 is 1.47 bits per heavy atom. The molecule has 0 bridgehead atoms. The maximum Gasteiger partial charge on any atom is 0.0830 e. The zero-order chi connectivity index (χ0) is 10.9. The second-order valence-corrected chi connectivity index (χ2v) is 4.31. The van der Waals surface area contributed by atoms with Crippen molar-refractivity contribution < 1.29 is 9.47 Å². The topological polar surface area (TPSA) is 30.5 Å². The van der Waals surface area contributed by atoms with E-state index in [0.29, 0.717) is 12.1 Å². The van der Waals surface area contributed by atoms with E-state index in [-0.39, 0.29) is 0 Å². The summed E-state index contributed by atoms with van der Waals surface area (Å²) in [6.07, 6.45) is 5.12. The molecule has 2 atom stereocenters. The van der Waals surface area contributed by atoms with Crippen LogP contribution in [0.3, 0.4) is 0 Å². The highest BCUT2D eigenvalue weighted by Gasteiger charge is 2.15. The predicted octanol–water partition coefficient (Wildman–Crippen LogP) is 1.96. The largest absolute Gasteiger partial charge is 0.379 e. The summed E-state index contributed by atoms with van der Waals surface area (Å²) >= 11 is 0. The maximum atomic E-state index is 5.70. The van der Waals surface area contributed by atoms with Crippen LogP contribution in [0, 0.1) is 0 Å². The molecule has 0 spiro atoms. The minimum Gasteiger partial charge on any atom is -0.379 e. The minimum atomic E-state index is 0.371. The Balaban J connectivity index is 1.84. The van der Waals surface area contributed by atoms with Gasteiger partial charge in [0, 0.05) is 19.3 Å². The molecule has 0 aliphatic carbocycles. The summed E-state index contributed by atoms with van der Waals surface area (Å²) in [6, 6.07) is 0.643. The van der Waals surface area contributed by atoms with Gasteiger partial charge in [-0.15, -0.1) is 0 Å². The van der Waals surface area contributed by atoms with Crippen molar-refractivity contribution in [3.05, 3.63) is 0 Å². The van der Waals surface area contributed by atoms with Gasteiger partial charge >= 0.3 is 0 Å². The summed E-state index contributed by atoms with van der Waals surface area (Å²) in [4.78, 5) is 0. The zero-order valence-electron chi connectivity index (χ0n) is 10.1. The SMILES string of the molecule is CCNC(C)CCCCOC1CCOC1. The molecule has 90 valence electrons. The lowest BCUT2D eigenvalue weighted by Crippen LogP contribution is -2.25. The van der Waals surface area contributed by atoms with E-state index >= 15 is 0 Å². The third kappa shape index (κ3) is 6.13. The standard InChI is InChI=1S/C12H25NO2/c1-3-13-11(2)6-4-5-8-15-12-7-9-14-10-12/h11-13H,3-10H2,1-2H3. The molecule has 0 aromatic carbocycles. The Labute approximate surface area is 93.5 Å². The first-order valence-corrected chi connectivity index (χ1v) is 6.25. The molecule has 0 aromatic heterocycles. The Bertz CT molecular complexity index is 147. The number of unbranched alkanes of at least 4 members (excludes halogenated alkanes) is 1. The van der Waals surface area contributed by atoms with E-state index in [2.05, 4.69) is 19.2 Å². The molecule has 0 aromatic rings. The third-order valence-corrected chi connectivity index (χ3v) is 2.83. The van der Waals surface area contributed by atoms with Gasteiger partial charge in [0.2, 0.25) is 0 Å². The summed E-state index contributed by atoms with van der Waals surface area (Å²) in [6.45, 7) is 8.04. The summed E-state index contributed by atoms with van der Waals surface area (Å²) in [5, 5.41) is 3.42. The summed E-state index contributed by atoms with van der Waals surface area (Å²) in [5.74, 6) is 0. The first kappa shape index (κ1) is 12.9. The van der Waals surface area contributed by atoms with Gasteiger partial charge in [0.15, 0.2) is 0 Å². The fourth-order valence-electron chi connectivity index (χ4n) is 1.90. The van der Waals surface area contributed by atoms with Crippen LogP contribution in [-0.2, 0) is 9.47 Å². The van der Waals surface area contributed by atoms with Crippen molar-refractivity contribution >= 4 is 0 Å². The molecule has 1 saturated heterocycles. The molecule has 1 rings (SSSR count). The smallest absolute Gasteiger partial charge is 0.0830 e. The van der Waals surface area contributed by atoms with E-state index in [1.165, 1.54) is 19.3 Å². The number of hydrogen-bond acceptors (Lipinski definition) is 3. The fourth-order valence-corrected chi connectivity index (χ4v) is 1.90. The molecule has 1 fully saturated rings. The molecule has 1 heterocycles. The van der Waals surface area contributed by atoms with Crippen molar-refractivity contribution in [2.24, 2.45) is 0 Å². The lowest BCUT2D eigenvalue weighted by molar-refractivity contribution is 0.0404. The van der Waals surface area contributed by atoms with E-state index in [0.717, 1.165) is 32.8 Å². The van der Waals surface area contributed by atoms with Crippen LogP contribution < -0.4 is 5.32 Å². The van der Waals surface area contributed by atoms with Crippen LogP contribution in [0.4, 0.5) is 0 Å². The Morgan fingerprint density at radius 2 is 2.33 bits per heavy atom. The van der Waals surface area contributed by atoms with E-state index in [1.54, 1.807) is 0 Å². The second kappa shape index (κ2) is 8.08. The molecule has 0 saturated carbocycles. The van der Waals surface area contributed by atoms with Crippen LogP contribution in [0.2, 0.25) is 0 Å². The molecular formula is C12H25NO2. The van der Waals surface area contributed by atoms with Crippen molar-refractivity contribution in [2.75, 3.05) is 26.4 Å². The van der Waals surface area contributed by atoms with Crippen molar-refractivity contribution in [3.8, 4) is 0 Å². The van der Waals surface area contributed by atoms with Crippen molar-refractivity contribution in [2.45, 2.75) is 51.7 Å². The van der Waals surface area contributed by atoms with E-state index in [1.807, 2.05) is 0 Å². The van der Waals surface area contributed by atoms with Gasteiger partial charge in [-0.1, -0.05) is 6.92 Å². The van der Waals surface area contributed by atoms with Crippen molar-refractivity contribution in [1.29, 1.82) is 0 Å². The van der Waals surface area contributed by atoms with E-state index in [9.17, 15) is 0 Å². The van der Waals surface area contributed by atoms with Gasteiger partial charge in [0.1, 0.15) is 0 Å². The van der Waals surface area contributed by atoms with Gasteiger partial charge < -0.3 is 14.8 Å². The molecular weight excluding hydrogens is 190 g/mol. The first-order valence-electron chi connectivity index (χ1n) is 6.25. The second-order valence-electron chi connectivity index (χ2n) is 4.31. The highest BCUT2D eigenvalue weighted by atomic mass is 16.5. The Hall–Kier alpha value is -0.120. The van der Waals surface area contributed by atoms with Crippen molar-refractivity contribution in [3.63, 3.8) is 0 Å². The van der Waals surface area contributed by atoms with Crippen LogP contribution in [0.5, 0.6) is 0 Å². The van der Waals surface area contributed by atoms with Gasteiger partial charge in [-0.05, 0) is 39.2 Å². The molecule has 3 heteroatoms. The predicted molar refractivity (Wildman–Crippen MR) is 62.2 cm³/mol. The molecule has 1 aliphatic heterocycles. The highest BCUT2D eigenvalue weighted by Crippen LogP contribution is 2.09. The van der Waals surface area contributed by atoms with Crippen molar-refractivity contribution in [1.82, 2.24) is 5.32 Å². The number of hydrogen-bond donors (Lipinski definition) is 1. The van der Waals surface area contributed by atoms with Gasteiger partial charge in [0.05, 0.1) is 12.7 Å². The van der Waals surface area contributed by atoms with Gasteiger partial charge in [-0.2, -0.15) is 0 Å². The first-order chi connectivity index (χ1) is 7.33. The molecule has 3 nitrogen and oxygen atoms in total. The molecule has 0 amide bonds. The number of ether oxygens (including phenoxy) is 2. The van der Waals surface area contributed by atoms with Crippen LogP contribution >= 0.6 is 0 Å². The minimum absolute atomic E-state index is 0.371.